The van der Waals surface area contributed by atoms with Gasteiger partial charge in [-0.15, -0.1) is 0 Å². The van der Waals surface area contributed by atoms with Gasteiger partial charge < -0.3 is 5.32 Å². The van der Waals surface area contributed by atoms with Crippen LogP contribution in [-0.4, -0.2) is 21.3 Å². The average molecular weight is 266 g/mol. The molecule has 0 radical (unpaired) electrons. The number of hydrogen-bond acceptors (Lipinski definition) is 3. The molecule has 0 atom stereocenters. The number of aromatic nitrogens is 3. The molecule has 0 fully saturated rings. The van der Waals surface area contributed by atoms with Crippen LogP contribution in [-0.2, 0) is 20.0 Å². The normalized spacial score (nSPS) is 11.1. The van der Waals surface area contributed by atoms with E-state index >= 15 is 0 Å². The van der Waals surface area contributed by atoms with E-state index in [1.54, 1.807) is 0 Å². The van der Waals surface area contributed by atoms with Crippen molar-refractivity contribution in [2.24, 2.45) is 7.05 Å². The molecule has 0 saturated carbocycles. The van der Waals surface area contributed by atoms with Crippen molar-refractivity contribution >= 4 is 10.8 Å². The van der Waals surface area contributed by atoms with Gasteiger partial charge in [-0.2, -0.15) is 5.10 Å². The Morgan fingerprint density at radius 3 is 3.00 bits per heavy atom. The number of fused-ring (bicyclic) bond motifs is 1. The second-order valence-electron chi connectivity index (χ2n) is 4.92. The Hall–Kier alpha value is -2.20. The number of nitrogens with zero attached hydrogens (tertiary/aromatic N) is 3. The average Bonchev–Trinajstić information content (AvgIpc) is 2.89. The summed E-state index contributed by atoms with van der Waals surface area (Å²) in [6, 6.07) is 10.5. The lowest BCUT2D eigenvalue weighted by Gasteiger charge is -2.07. The standard InChI is InChI=1S/C16H18N4/c1-20-10-7-15(19-20)5-8-17-11-13-3-2-4-14-12-18-9-6-16(13)14/h2-4,6-7,9-10,12,17H,5,8,11H2,1H3. The van der Waals surface area contributed by atoms with Crippen molar-refractivity contribution in [3.63, 3.8) is 0 Å². The zero-order chi connectivity index (χ0) is 13.8. The zero-order valence-electron chi connectivity index (χ0n) is 11.6. The monoisotopic (exact) mass is 266 g/mol. The molecule has 1 aromatic carbocycles. The fourth-order valence-electron chi connectivity index (χ4n) is 2.38. The van der Waals surface area contributed by atoms with Crippen molar-refractivity contribution in [3.8, 4) is 0 Å². The summed E-state index contributed by atoms with van der Waals surface area (Å²) in [6.07, 6.45) is 6.69. The zero-order valence-corrected chi connectivity index (χ0v) is 11.6. The maximum absolute atomic E-state index is 4.37. The van der Waals surface area contributed by atoms with Crippen LogP contribution in [0.1, 0.15) is 11.3 Å². The summed E-state index contributed by atoms with van der Waals surface area (Å²) >= 11 is 0. The minimum absolute atomic E-state index is 0.869. The van der Waals surface area contributed by atoms with Gasteiger partial charge in [-0.1, -0.05) is 18.2 Å². The molecule has 0 unspecified atom stereocenters. The Labute approximate surface area is 118 Å². The molecule has 0 amide bonds. The smallest absolute Gasteiger partial charge is 0.0637 e. The van der Waals surface area contributed by atoms with E-state index in [0.717, 1.165) is 25.2 Å². The summed E-state index contributed by atoms with van der Waals surface area (Å²) in [7, 11) is 1.95. The van der Waals surface area contributed by atoms with E-state index in [1.165, 1.54) is 16.3 Å². The highest BCUT2D eigenvalue weighted by Crippen LogP contribution is 2.17. The Kier molecular flexibility index (Phi) is 3.74. The van der Waals surface area contributed by atoms with Crippen LogP contribution in [0.4, 0.5) is 0 Å². The number of aryl methyl sites for hydroxylation is 1. The lowest BCUT2D eigenvalue weighted by Crippen LogP contribution is -2.17. The van der Waals surface area contributed by atoms with Gasteiger partial charge in [0.1, 0.15) is 0 Å². The van der Waals surface area contributed by atoms with Crippen LogP contribution in [0.15, 0.2) is 48.9 Å². The molecule has 3 aromatic rings. The summed E-state index contributed by atoms with van der Waals surface area (Å²) in [5, 5.41) is 10.3. The minimum Gasteiger partial charge on any atom is -0.312 e. The molecule has 4 nitrogen and oxygen atoms in total. The van der Waals surface area contributed by atoms with E-state index < -0.39 is 0 Å². The van der Waals surface area contributed by atoms with Crippen molar-refractivity contribution < 1.29 is 0 Å². The van der Waals surface area contributed by atoms with E-state index in [1.807, 2.05) is 30.3 Å². The van der Waals surface area contributed by atoms with Gasteiger partial charge in [-0.25, -0.2) is 0 Å². The van der Waals surface area contributed by atoms with Crippen LogP contribution < -0.4 is 5.32 Å². The Bertz CT molecular complexity index is 697. The number of benzene rings is 1. The molecular weight excluding hydrogens is 248 g/mol. The molecule has 0 aliphatic rings. The number of nitrogens with one attached hydrogen (secondary N) is 1. The highest BCUT2D eigenvalue weighted by molar-refractivity contribution is 5.84. The van der Waals surface area contributed by atoms with E-state index in [9.17, 15) is 0 Å². The van der Waals surface area contributed by atoms with Gasteiger partial charge in [0.15, 0.2) is 0 Å². The van der Waals surface area contributed by atoms with Gasteiger partial charge in [0.25, 0.3) is 0 Å². The van der Waals surface area contributed by atoms with Gasteiger partial charge in [-0.05, 0) is 23.1 Å². The molecule has 20 heavy (non-hydrogen) atoms. The van der Waals surface area contributed by atoms with Gasteiger partial charge in [0.2, 0.25) is 0 Å². The van der Waals surface area contributed by atoms with Crippen molar-refractivity contribution in [2.45, 2.75) is 13.0 Å². The summed E-state index contributed by atoms with van der Waals surface area (Å²) in [4.78, 5) is 4.16. The van der Waals surface area contributed by atoms with E-state index in [-0.39, 0.29) is 0 Å². The summed E-state index contributed by atoms with van der Waals surface area (Å²) in [5.74, 6) is 0. The Morgan fingerprint density at radius 2 is 2.15 bits per heavy atom. The van der Waals surface area contributed by atoms with Gasteiger partial charge >= 0.3 is 0 Å². The number of pyridine rings is 1. The van der Waals surface area contributed by atoms with Crippen LogP contribution in [0.3, 0.4) is 0 Å². The topological polar surface area (TPSA) is 42.7 Å². The number of hydrogen-bond donors (Lipinski definition) is 1. The minimum atomic E-state index is 0.869. The van der Waals surface area contributed by atoms with Crippen molar-refractivity contribution in [1.29, 1.82) is 0 Å². The quantitative estimate of drug-likeness (QED) is 0.721. The third-order valence-corrected chi connectivity index (χ3v) is 3.41. The third-order valence-electron chi connectivity index (χ3n) is 3.41. The fraction of sp³-hybridized carbons (Fsp3) is 0.250. The predicted octanol–water partition coefficient (Wildman–Crippen LogP) is 2.30. The molecular formula is C16H18N4. The molecule has 2 heterocycles. The summed E-state index contributed by atoms with van der Waals surface area (Å²) in [5.41, 5.74) is 2.44. The van der Waals surface area contributed by atoms with Crippen LogP contribution in [0, 0.1) is 0 Å². The predicted molar refractivity (Wildman–Crippen MR) is 80.4 cm³/mol. The van der Waals surface area contributed by atoms with Gasteiger partial charge in [0, 0.05) is 50.5 Å². The number of rotatable bonds is 5. The molecule has 0 spiro atoms. The van der Waals surface area contributed by atoms with Gasteiger partial charge in [0.05, 0.1) is 5.69 Å². The first kappa shape index (κ1) is 12.8. The molecule has 102 valence electrons. The van der Waals surface area contributed by atoms with Crippen LogP contribution >= 0.6 is 0 Å². The molecule has 2 aromatic heterocycles. The largest absolute Gasteiger partial charge is 0.312 e. The van der Waals surface area contributed by atoms with E-state index in [2.05, 4.69) is 45.7 Å². The molecule has 0 aliphatic heterocycles. The molecule has 0 saturated heterocycles. The first-order valence-corrected chi connectivity index (χ1v) is 6.84. The first-order valence-electron chi connectivity index (χ1n) is 6.84. The summed E-state index contributed by atoms with van der Waals surface area (Å²) < 4.78 is 1.84. The first-order chi connectivity index (χ1) is 9.83. The van der Waals surface area contributed by atoms with Crippen LogP contribution in [0.25, 0.3) is 10.8 Å². The maximum Gasteiger partial charge on any atom is 0.0637 e. The highest BCUT2D eigenvalue weighted by atomic mass is 15.2. The molecule has 0 bridgehead atoms. The molecule has 1 N–H and O–H groups in total. The van der Waals surface area contributed by atoms with E-state index in [4.69, 9.17) is 0 Å². The highest BCUT2D eigenvalue weighted by Gasteiger charge is 2.01. The van der Waals surface area contributed by atoms with Gasteiger partial charge in [-0.3, -0.25) is 9.67 Å². The maximum atomic E-state index is 4.37. The lowest BCUT2D eigenvalue weighted by atomic mass is 10.1. The second kappa shape index (κ2) is 5.84. The van der Waals surface area contributed by atoms with Crippen molar-refractivity contribution in [2.75, 3.05) is 6.54 Å². The summed E-state index contributed by atoms with van der Waals surface area (Å²) in [6.45, 7) is 1.80. The SMILES string of the molecule is Cn1ccc(CCNCc2cccc3cnccc23)n1. The molecule has 0 aliphatic carbocycles. The second-order valence-corrected chi connectivity index (χ2v) is 4.92. The molecule has 4 heteroatoms. The Morgan fingerprint density at radius 1 is 1.20 bits per heavy atom. The lowest BCUT2D eigenvalue weighted by molar-refractivity contribution is 0.667. The van der Waals surface area contributed by atoms with E-state index in [0.29, 0.717) is 0 Å². The fourth-order valence-corrected chi connectivity index (χ4v) is 2.38. The Balaban J connectivity index is 1.60. The third kappa shape index (κ3) is 2.86. The van der Waals surface area contributed by atoms with Crippen LogP contribution in [0.5, 0.6) is 0 Å². The van der Waals surface area contributed by atoms with Crippen molar-refractivity contribution in [3.05, 3.63) is 60.2 Å². The van der Waals surface area contributed by atoms with Crippen LogP contribution in [0.2, 0.25) is 0 Å². The molecule has 3 rings (SSSR count). The van der Waals surface area contributed by atoms with Crippen molar-refractivity contribution in [1.82, 2.24) is 20.1 Å².